The molecule has 0 unspecified atom stereocenters. The van der Waals surface area contributed by atoms with Gasteiger partial charge in [-0.2, -0.15) is 0 Å². The molecule has 2 rings (SSSR count). The van der Waals surface area contributed by atoms with Gasteiger partial charge < -0.3 is 15.5 Å². The van der Waals surface area contributed by atoms with Crippen LogP contribution >= 0.6 is 11.8 Å². The molecule has 2 aromatic rings. The number of benzene rings is 1. The first-order valence-corrected chi connectivity index (χ1v) is 6.26. The number of hydrogen-bond donors (Lipinski definition) is 2. The van der Waals surface area contributed by atoms with Crippen molar-refractivity contribution in [2.24, 2.45) is 17.9 Å². The molecular weight excluding hydrogens is 282 g/mol. The molecule has 0 aliphatic rings. The maximum Gasteiger partial charge on any atom is 0.270 e. The predicted octanol–water partition coefficient (Wildman–Crippen LogP) is 1.57. The van der Waals surface area contributed by atoms with Gasteiger partial charge in [0.1, 0.15) is 0 Å². The van der Waals surface area contributed by atoms with Gasteiger partial charge in [0.15, 0.2) is 11.0 Å². The van der Waals surface area contributed by atoms with Crippen LogP contribution in [0.2, 0.25) is 0 Å². The Hall–Kier alpha value is -2.55. The third kappa shape index (κ3) is 2.72. The summed E-state index contributed by atoms with van der Waals surface area (Å²) in [6.07, 6.45) is 3.41. The van der Waals surface area contributed by atoms with Crippen LogP contribution in [0.1, 0.15) is 5.56 Å². The number of aryl methyl sites for hydroxylation is 1. The average Bonchev–Trinajstić information content (AvgIpc) is 2.83. The molecule has 1 aromatic carbocycles. The fourth-order valence-corrected chi connectivity index (χ4v) is 2.45. The molecule has 0 atom stereocenters. The highest BCUT2D eigenvalue weighted by Crippen LogP contribution is 2.31. The standard InChI is InChI=1S/C11H11N5O3S/c1-15-5-4-13-11(15)20-9-3-2-7(16(18)19)6-8(9)10(12)14-17/h2-6,17H,1H3,(H2,12,14). The molecule has 20 heavy (non-hydrogen) atoms. The molecule has 0 radical (unpaired) electrons. The third-order valence-corrected chi connectivity index (χ3v) is 3.69. The van der Waals surface area contributed by atoms with Crippen molar-refractivity contribution in [1.82, 2.24) is 9.55 Å². The Labute approximate surface area is 118 Å². The number of nitrogens with zero attached hydrogens (tertiary/aromatic N) is 4. The molecule has 0 saturated heterocycles. The minimum Gasteiger partial charge on any atom is -0.409 e. The molecule has 0 saturated carbocycles. The molecule has 9 heteroatoms. The summed E-state index contributed by atoms with van der Waals surface area (Å²) in [5.41, 5.74) is 5.73. The van der Waals surface area contributed by atoms with E-state index in [4.69, 9.17) is 10.9 Å². The topological polar surface area (TPSA) is 120 Å². The first kappa shape index (κ1) is 13.9. The van der Waals surface area contributed by atoms with E-state index in [-0.39, 0.29) is 17.1 Å². The summed E-state index contributed by atoms with van der Waals surface area (Å²) < 4.78 is 1.79. The zero-order chi connectivity index (χ0) is 14.7. The predicted molar refractivity (Wildman–Crippen MR) is 72.9 cm³/mol. The first-order valence-electron chi connectivity index (χ1n) is 5.44. The van der Waals surface area contributed by atoms with Gasteiger partial charge in [-0.1, -0.05) is 16.9 Å². The van der Waals surface area contributed by atoms with Crippen molar-refractivity contribution in [2.45, 2.75) is 10.1 Å². The van der Waals surface area contributed by atoms with Gasteiger partial charge in [-0.15, -0.1) is 0 Å². The van der Waals surface area contributed by atoms with Crippen molar-refractivity contribution >= 4 is 23.3 Å². The number of nitro groups is 1. The lowest BCUT2D eigenvalue weighted by molar-refractivity contribution is -0.384. The number of hydrogen-bond acceptors (Lipinski definition) is 6. The number of imidazole rings is 1. The molecule has 1 heterocycles. The quantitative estimate of drug-likeness (QED) is 0.290. The Morgan fingerprint density at radius 3 is 2.90 bits per heavy atom. The number of amidine groups is 1. The van der Waals surface area contributed by atoms with E-state index >= 15 is 0 Å². The molecule has 1 aromatic heterocycles. The maximum absolute atomic E-state index is 10.8. The Morgan fingerprint density at radius 1 is 1.60 bits per heavy atom. The molecule has 0 spiro atoms. The number of nitro benzene ring substituents is 1. The van der Waals surface area contributed by atoms with Crippen LogP contribution < -0.4 is 5.73 Å². The Morgan fingerprint density at radius 2 is 2.35 bits per heavy atom. The lowest BCUT2D eigenvalue weighted by Crippen LogP contribution is -2.14. The van der Waals surface area contributed by atoms with Gasteiger partial charge in [-0.3, -0.25) is 10.1 Å². The maximum atomic E-state index is 10.8. The summed E-state index contributed by atoms with van der Waals surface area (Å²) >= 11 is 1.27. The molecule has 8 nitrogen and oxygen atoms in total. The highest BCUT2D eigenvalue weighted by Gasteiger charge is 2.16. The number of oxime groups is 1. The van der Waals surface area contributed by atoms with E-state index in [1.807, 2.05) is 7.05 Å². The fourth-order valence-electron chi connectivity index (χ4n) is 1.52. The minimum absolute atomic E-state index is 0.129. The van der Waals surface area contributed by atoms with Crippen LogP contribution in [0.3, 0.4) is 0 Å². The average molecular weight is 293 g/mol. The minimum atomic E-state index is -0.538. The monoisotopic (exact) mass is 293 g/mol. The molecule has 0 aliphatic carbocycles. The van der Waals surface area contributed by atoms with Crippen LogP contribution in [0.15, 0.2) is 45.8 Å². The molecular formula is C11H11N5O3S. The van der Waals surface area contributed by atoms with Crippen LogP contribution in [-0.4, -0.2) is 25.5 Å². The second kappa shape index (κ2) is 5.61. The van der Waals surface area contributed by atoms with Crippen molar-refractivity contribution in [3.63, 3.8) is 0 Å². The van der Waals surface area contributed by atoms with E-state index in [1.165, 1.54) is 23.9 Å². The van der Waals surface area contributed by atoms with E-state index in [1.54, 1.807) is 23.0 Å². The number of nitrogens with two attached hydrogens (primary N) is 1. The van der Waals surface area contributed by atoms with Gasteiger partial charge in [0.05, 0.1) is 4.92 Å². The molecule has 104 valence electrons. The van der Waals surface area contributed by atoms with E-state index in [0.717, 1.165) is 0 Å². The van der Waals surface area contributed by atoms with E-state index in [0.29, 0.717) is 10.1 Å². The summed E-state index contributed by atoms with van der Waals surface area (Å²) in [7, 11) is 1.82. The van der Waals surface area contributed by atoms with Crippen LogP contribution in [0, 0.1) is 10.1 Å². The Balaban J connectivity index is 2.47. The van der Waals surface area contributed by atoms with Gasteiger partial charge in [-0.05, 0) is 6.07 Å². The second-order valence-electron chi connectivity index (χ2n) is 3.85. The zero-order valence-corrected chi connectivity index (χ0v) is 11.2. The van der Waals surface area contributed by atoms with Crippen LogP contribution in [0.4, 0.5) is 5.69 Å². The second-order valence-corrected chi connectivity index (χ2v) is 4.85. The smallest absolute Gasteiger partial charge is 0.270 e. The SMILES string of the molecule is Cn1ccnc1Sc1ccc([N+](=O)[O-])cc1C(N)=NO. The highest BCUT2D eigenvalue weighted by atomic mass is 32.2. The number of rotatable bonds is 4. The van der Waals surface area contributed by atoms with E-state index < -0.39 is 4.92 Å². The van der Waals surface area contributed by atoms with Crippen molar-refractivity contribution < 1.29 is 10.1 Å². The van der Waals surface area contributed by atoms with Gasteiger partial charge >= 0.3 is 0 Å². The van der Waals surface area contributed by atoms with Crippen LogP contribution in [0.25, 0.3) is 0 Å². The summed E-state index contributed by atoms with van der Waals surface area (Å²) in [6, 6.07) is 4.17. The van der Waals surface area contributed by atoms with Gasteiger partial charge in [-0.25, -0.2) is 4.98 Å². The zero-order valence-electron chi connectivity index (χ0n) is 10.4. The van der Waals surface area contributed by atoms with Gasteiger partial charge in [0.25, 0.3) is 5.69 Å². The number of non-ortho nitro benzene ring substituents is 1. The van der Waals surface area contributed by atoms with Crippen molar-refractivity contribution in [3.05, 3.63) is 46.3 Å². The molecule has 0 aliphatic heterocycles. The molecule has 3 N–H and O–H groups in total. The third-order valence-electron chi connectivity index (χ3n) is 2.54. The van der Waals surface area contributed by atoms with Crippen molar-refractivity contribution in [1.29, 1.82) is 0 Å². The summed E-state index contributed by atoms with van der Waals surface area (Å²) in [4.78, 5) is 15.0. The summed E-state index contributed by atoms with van der Waals surface area (Å²) in [6.45, 7) is 0. The van der Waals surface area contributed by atoms with E-state index in [9.17, 15) is 10.1 Å². The normalized spacial score (nSPS) is 11.6. The fraction of sp³-hybridized carbons (Fsp3) is 0.0909. The summed E-state index contributed by atoms with van der Waals surface area (Å²) in [5.74, 6) is -0.189. The van der Waals surface area contributed by atoms with Gasteiger partial charge in [0.2, 0.25) is 0 Å². The molecule has 0 fully saturated rings. The highest BCUT2D eigenvalue weighted by molar-refractivity contribution is 7.99. The van der Waals surface area contributed by atoms with Crippen LogP contribution in [-0.2, 0) is 7.05 Å². The van der Waals surface area contributed by atoms with Gasteiger partial charge in [0, 0.05) is 42.0 Å². The lowest BCUT2D eigenvalue weighted by Gasteiger charge is -2.07. The molecule has 0 bridgehead atoms. The van der Waals surface area contributed by atoms with Crippen molar-refractivity contribution in [2.75, 3.05) is 0 Å². The summed E-state index contributed by atoms with van der Waals surface area (Å²) in [5, 5.41) is 23.2. The largest absolute Gasteiger partial charge is 0.409 e. The van der Waals surface area contributed by atoms with Crippen molar-refractivity contribution in [3.8, 4) is 0 Å². The van der Waals surface area contributed by atoms with Crippen LogP contribution in [0.5, 0.6) is 0 Å². The Bertz CT molecular complexity index is 682. The number of aromatic nitrogens is 2. The molecule has 0 amide bonds. The lowest BCUT2D eigenvalue weighted by atomic mass is 10.2. The Kier molecular flexibility index (Phi) is 3.89. The first-order chi connectivity index (χ1) is 9.52. The van der Waals surface area contributed by atoms with E-state index in [2.05, 4.69) is 10.1 Å².